The molecule has 2 bridgehead atoms. The van der Waals surface area contributed by atoms with Crippen molar-refractivity contribution in [3.05, 3.63) is 65.8 Å². The van der Waals surface area contributed by atoms with Gasteiger partial charge in [-0.2, -0.15) is 0 Å². The van der Waals surface area contributed by atoms with Crippen molar-refractivity contribution >= 4 is 41.3 Å². The highest BCUT2D eigenvalue weighted by Crippen LogP contribution is 2.48. The fourth-order valence-corrected chi connectivity index (χ4v) is 4.07. The van der Waals surface area contributed by atoms with Crippen LogP contribution in [-0.4, -0.2) is 50.6 Å². The zero-order valence-electron chi connectivity index (χ0n) is 19.6. The smallest absolute Gasteiger partial charge is 0.336 e. The molecule has 35 heavy (non-hydrogen) atoms. The molecule has 9 heteroatoms. The molecule has 1 aromatic carbocycles. The molecule has 0 aromatic heterocycles. The first-order valence-corrected chi connectivity index (χ1v) is 10.6. The van der Waals surface area contributed by atoms with Gasteiger partial charge in [0.15, 0.2) is 11.6 Å². The molecule has 2 aliphatic rings. The molecule has 0 amide bonds. The highest BCUT2D eigenvalue weighted by molar-refractivity contribution is 6.05. The second-order valence-corrected chi connectivity index (χ2v) is 8.10. The summed E-state index contributed by atoms with van der Waals surface area (Å²) >= 11 is 0. The number of carboxylic acid groups (broad SMARTS) is 3. The van der Waals surface area contributed by atoms with Crippen LogP contribution >= 0.6 is 0 Å². The molecule has 2 aliphatic carbocycles. The Kier molecular flexibility index (Phi) is 10.7. The second-order valence-electron chi connectivity index (χ2n) is 8.10. The van der Waals surface area contributed by atoms with Gasteiger partial charge >= 0.3 is 17.9 Å². The van der Waals surface area contributed by atoms with Crippen LogP contribution in [0, 0.1) is 23.7 Å². The SMILES string of the molecule is C=Cc1ccc(C(C)=O)c(C(=O)O)c1.CC(=O)/C=C\C(=O)O.CC(=O)C1C2C=CC(C2)C1C(=O)O. The Balaban J connectivity index is 0.000000273. The van der Waals surface area contributed by atoms with Gasteiger partial charge in [0, 0.05) is 17.6 Å². The van der Waals surface area contributed by atoms with Crippen molar-refractivity contribution in [1.82, 2.24) is 0 Å². The third-order valence-electron chi connectivity index (χ3n) is 5.56. The molecule has 186 valence electrons. The Bertz CT molecular complexity index is 1050. The number of aromatic carboxylic acids is 1. The van der Waals surface area contributed by atoms with Crippen LogP contribution in [-0.2, 0) is 19.2 Å². The molecule has 1 saturated carbocycles. The molecular formula is C26H28O9. The van der Waals surface area contributed by atoms with Crippen LogP contribution in [0.4, 0.5) is 0 Å². The maximum absolute atomic E-state index is 11.3. The lowest BCUT2D eigenvalue weighted by molar-refractivity contribution is -0.147. The van der Waals surface area contributed by atoms with Crippen LogP contribution in [0.5, 0.6) is 0 Å². The Morgan fingerprint density at radius 3 is 1.77 bits per heavy atom. The van der Waals surface area contributed by atoms with Crippen molar-refractivity contribution in [2.75, 3.05) is 0 Å². The standard InChI is InChI=1S/C11H10O3.C10H12O3.C5H6O3/c1-3-8-4-5-9(7(2)12)10(6-8)11(13)14;1-5(11)8-6-2-3-7(4-6)9(8)10(12)13;1-4(6)2-3-5(7)8/h3-6H,1H2,2H3,(H,13,14);2-3,6-9H,4H2,1H3,(H,12,13);2-3H,1H3,(H,7,8)/b;;3-2-. The normalized spacial score (nSPS) is 21.2. The molecule has 4 atom stereocenters. The lowest BCUT2D eigenvalue weighted by Gasteiger charge is -2.21. The summed E-state index contributed by atoms with van der Waals surface area (Å²) in [5, 5.41) is 25.7. The molecular weight excluding hydrogens is 456 g/mol. The van der Waals surface area contributed by atoms with E-state index in [-0.39, 0.29) is 46.2 Å². The zero-order chi connectivity index (χ0) is 26.9. The van der Waals surface area contributed by atoms with Gasteiger partial charge < -0.3 is 15.3 Å². The molecule has 3 rings (SSSR count). The first kappa shape index (κ1) is 28.9. The lowest BCUT2D eigenvalue weighted by Crippen LogP contribution is -2.31. The van der Waals surface area contributed by atoms with Crippen molar-refractivity contribution in [2.45, 2.75) is 27.2 Å². The average molecular weight is 485 g/mol. The van der Waals surface area contributed by atoms with Crippen molar-refractivity contribution in [2.24, 2.45) is 23.7 Å². The second kappa shape index (κ2) is 12.9. The van der Waals surface area contributed by atoms with E-state index in [0.29, 0.717) is 5.56 Å². The quantitative estimate of drug-likeness (QED) is 0.298. The van der Waals surface area contributed by atoms with E-state index in [2.05, 4.69) is 6.58 Å². The summed E-state index contributed by atoms with van der Waals surface area (Å²) in [4.78, 5) is 63.7. The summed E-state index contributed by atoms with van der Waals surface area (Å²) in [5.74, 6) is -3.97. The zero-order valence-corrected chi connectivity index (χ0v) is 19.6. The van der Waals surface area contributed by atoms with Crippen LogP contribution in [0.25, 0.3) is 6.08 Å². The molecule has 3 N–H and O–H groups in total. The van der Waals surface area contributed by atoms with Gasteiger partial charge in [0.1, 0.15) is 5.78 Å². The predicted octanol–water partition coefficient (Wildman–Crippen LogP) is 3.54. The topological polar surface area (TPSA) is 163 Å². The highest BCUT2D eigenvalue weighted by Gasteiger charge is 2.50. The maximum Gasteiger partial charge on any atom is 0.336 e. The largest absolute Gasteiger partial charge is 0.481 e. The predicted molar refractivity (Wildman–Crippen MR) is 127 cm³/mol. The van der Waals surface area contributed by atoms with Crippen molar-refractivity contribution in [3.63, 3.8) is 0 Å². The van der Waals surface area contributed by atoms with Crippen LogP contribution < -0.4 is 0 Å². The average Bonchev–Trinajstić information content (AvgIpc) is 3.40. The number of rotatable bonds is 7. The minimum atomic E-state index is -1.10. The number of aliphatic carboxylic acids is 2. The third kappa shape index (κ3) is 8.29. The van der Waals surface area contributed by atoms with E-state index in [1.807, 2.05) is 12.2 Å². The highest BCUT2D eigenvalue weighted by atomic mass is 16.4. The van der Waals surface area contributed by atoms with E-state index in [0.717, 1.165) is 18.6 Å². The monoisotopic (exact) mass is 484 g/mol. The maximum atomic E-state index is 11.3. The minimum absolute atomic E-state index is 0.0178. The number of fused-ring (bicyclic) bond motifs is 2. The summed E-state index contributed by atoms with van der Waals surface area (Å²) in [7, 11) is 0. The van der Waals surface area contributed by atoms with E-state index in [1.165, 1.54) is 39.0 Å². The lowest BCUT2D eigenvalue weighted by atomic mass is 9.81. The number of ketones is 3. The number of carboxylic acids is 3. The van der Waals surface area contributed by atoms with Crippen molar-refractivity contribution < 1.29 is 44.1 Å². The van der Waals surface area contributed by atoms with E-state index in [4.69, 9.17) is 15.3 Å². The van der Waals surface area contributed by atoms with Gasteiger partial charge in [0.25, 0.3) is 0 Å². The van der Waals surface area contributed by atoms with Crippen molar-refractivity contribution in [1.29, 1.82) is 0 Å². The number of allylic oxidation sites excluding steroid dienone is 3. The molecule has 0 spiro atoms. The molecule has 0 saturated heterocycles. The number of hydrogen-bond acceptors (Lipinski definition) is 6. The van der Waals surface area contributed by atoms with Crippen molar-refractivity contribution in [3.8, 4) is 0 Å². The Labute approximate surface area is 202 Å². The number of hydrogen-bond donors (Lipinski definition) is 3. The van der Waals surface area contributed by atoms with E-state index in [9.17, 15) is 28.8 Å². The summed E-state index contributed by atoms with van der Waals surface area (Å²) in [6.45, 7) is 7.66. The van der Waals surface area contributed by atoms with Crippen LogP contribution in [0.2, 0.25) is 0 Å². The fourth-order valence-electron chi connectivity index (χ4n) is 4.07. The molecule has 0 aliphatic heterocycles. The third-order valence-corrected chi connectivity index (χ3v) is 5.56. The van der Waals surface area contributed by atoms with E-state index in [1.54, 1.807) is 6.07 Å². The van der Waals surface area contributed by atoms with Gasteiger partial charge in [-0.3, -0.25) is 19.2 Å². The van der Waals surface area contributed by atoms with Gasteiger partial charge in [-0.05, 0) is 62.8 Å². The molecule has 4 unspecified atom stereocenters. The number of carbonyl (C=O) groups excluding carboxylic acids is 3. The van der Waals surface area contributed by atoms with Gasteiger partial charge in [-0.1, -0.05) is 30.9 Å². The summed E-state index contributed by atoms with van der Waals surface area (Å²) in [5.41, 5.74) is 0.936. The number of carbonyl (C=O) groups is 6. The summed E-state index contributed by atoms with van der Waals surface area (Å²) in [6, 6.07) is 4.60. The van der Waals surface area contributed by atoms with Gasteiger partial charge in [-0.25, -0.2) is 9.59 Å². The molecule has 9 nitrogen and oxygen atoms in total. The Morgan fingerprint density at radius 1 is 0.857 bits per heavy atom. The first-order valence-electron chi connectivity index (χ1n) is 10.6. The fraction of sp³-hybridized carbons (Fsp3) is 0.308. The van der Waals surface area contributed by atoms with Gasteiger partial charge in [0.2, 0.25) is 0 Å². The minimum Gasteiger partial charge on any atom is -0.481 e. The van der Waals surface area contributed by atoms with E-state index < -0.39 is 23.8 Å². The summed E-state index contributed by atoms with van der Waals surface area (Å²) in [6.07, 6.45) is 8.14. The molecule has 0 radical (unpaired) electrons. The van der Waals surface area contributed by atoms with Gasteiger partial charge in [-0.15, -0.1) is 0 Å². The number of Topliss-reactive ketones (excluding diaryl/α,β-unsaturated/α-hetero) is 2. The Hall–Kier alpha value is -4.14. The molecule has 1 aromatic rings. The molecule has 1 fully saturated rings. The van der Waals surface area contributed by atoms with Crippen LogP contribution in [0.3, 0.4) is 0 Å². The van der Waals surface area contributed by atoms with Crippen LogP contribution in [0.15, 0.2) is 49.1 Å². The number of benzene rings is 1. The summed E-state index contributed by atoms with van der Waals surface area (Å²) < 4.78 is 0. The van der Waals surface area contributed by atoms with E-state index >= 15 is 0 Å². The first-order chi connectivity index (χ1) is 16.3. The Morgan fingerprint density at radius 2 is 1.43 bits per heavy atom. The molecule has 0 heterocycles. The van der Waals surface area contributed by atoms with Gasteiger partial charge in [0.05, 0.1) is 11.5 Å². The van der Waals surface area contributed by atoms with Crippen LogP contribution in [0.1, 0.15) is 53.5 Å².